The highest BCUT2D eigenvalue weighted by molar-refractivity contribution is 7.80. The lowest BCUT2D eigenvalue weighted by atomic mass is 10.1. The molecule has 0 saturated heterocycles. The van der Waals surface area contributed by atoms with E-state index in [0.29, 0.717) is 5.11 Å². The van der Waals surface area contributed by atoms with Crippen LogP contribution in [0.1, 0.15) is 30.9 Å². The Hall–Kier alpha value is -1.87. The van der Waals surface area contributed by atoms with Crippen molar-refractivity contribution in [1.82, 2.24) is 0 Å². The minimum absolute atomic E-state index is 0.616. The van der Waals surface area contributed by atoms with E-state index >= 15 is 0 Å². The van der Waals surface area contributed by atoms with Crippen molar-refractivity contribution in [1.29, 1.82) is 0 Å². The van der Waals surface area contributed by atoms with Gasteiger partial charge in [-0.05, 0) is 61.3 Å². The zero-order chi connectivity index (χ0) is 15.1. The second-order valence-corrected chi connectivity index (χ2v) is 5.60. The third-order valence-electron chi connectivity index (χ3n) is 3.42. The smallest absolute Gasteiger partial charge is 0.175 e. The van der Waals surface area contributed by atoms with Crippen LogP contribution < -0.4 is 10.6 Å². The molecule has 2 nitrogen and oxygen atoms in total. The summed E-state index contributed by atoms with van der Waals surface area (Å²) in [5, 5.41) is 7.07. The number of para-hydroxylation sites is 1. The standard InChI is InChI=1S/C18H22N2S/c1-3-4-8-15-10-12-16(13-11-15)19-18(21)20-17-9-6-5-7-14(17)2/h5-7,9-13H,3-4,8H2,1-2H3,(H2,19,20,21). The van der Waals surface area contributed by atoms with Crippen LogP contribution in [0.5, 0.6) is 0 Å². The normalized spacial score (nSPS) is 10.2. The lowest BCUT2D eigenvalue weighted by Crippen LogP contribution is -2.19. The molecular weight excluding hydrogens is 276 g/mol. The van der Waals surface area contributed by atoms with Gasteiger partial charge in [0.2, 0.25) is 0 Å². The molecule has 0 aromatic heterocycles. The molecule has 0 bridgehead atoms. The molecule has 0 radical (unpaired) electrons. The van der Waals surface area contributed by atoms with Crippen LogP contribution in [0.4, 0.5) is 11.4 Å². The SMILES string of the molecule is CCCCc1ccc(NC(=S)Nc2ccccc2C)cc1. The first kappa shape index (κ1) is 15.5. The van der Waals surface area contributed by atoms with Crippen LogP contribution in [0.2, 0.25) is 0 Å². The molecular formula is C18H22N2S. The number of unbranched alkanes of at least 4 members (excludes halogenated alkanes) is 1. The maximum Gasteiger partial charge on any atom is 0.175 e. The van der Waals surface area contributed by atoms with Gasteiger partial charge in [0.05, 0.1) is 0 Å². The van der Waals surface area contributed by atoms with Crippen molar-refractivity contribution in [2.75, 3.05) is 10.6 Å². The number of hydrogen-bond donors (Lipinski definition) is 2. The summed E-state index contributed by atoms with van der Waals surface area (Å²) in [7, 11) is 0. The van der Waals surface area contributed by atoms with E-state index in [1.54, 1.807) is 0 Å². The van der Waals surface area contributed by atoms with E-state index in [1.165, 1.54) is 24.0 Å². The Bertz CT molecular complexity index is 590. The van der Waals surface area contributed by atoms with Gasteiger partial charge in [0, 0.05) is 11.4 Å². The van der Waals surface area contributed by atoms with E-state index in [9.17, 15) is 0 Å². The fourth-order valence-electron chi connectivity index (χ4n) is 2.13. The molecule has 2 N–H and O–H groups in total. The molecule has 2 rings (SSSR count). The quantitative estimate of drug-likeness (QED) is 0.747. The summed E-state index contributed by atoms with van der Waals surface area (Å²) < 4.78 is 0. The van der Waals surface area contributed by atoms with Crippen molar-refractivity contribution >= 4 is 28.7 Å². The van der Waals surface area contributed by atoms with Crippen molar-refractivity contribution in [3.05, 3.63) is 59.7 Å². The van der Waals surface area contributed by atoms with Gasteiger partial charge in [0.1, 0.15) is 0 Å². The molecule has 110 valence electrons. The van der Waals surface area contributed by atoms with Gasteiger partial charge < -0.3 is 10.6 Å². The molecule has 0 saturated carbocycles. The zero-order valence-electron chi connectivity index (χ0n) is 12.6. The lowest BCUT2D eigenvalue weighted by molar-refractivity contribution is 0.795. The number of rotatable bonds is 5. The summed E-state index contributed by atoms with van der Waals surface area (Å²) in [4.78, 5) is 0. The minimum atomic E-state index is 0.616. The summed E-state index contributed by atoms with van der Waals surface area (Å²) in [5.74, 6) is 0. The number of thiocarbonyl (C=S) groups is 1. The lowest BCUT2D eigenvalue weighted by Gasteiger charge is -2.12. The monoisotopic (exact) mass is 298 g/mol. The van der Waals surface area contributed by atoms with Crippen LogP contribution in [-0.2, 0) is 6.42 Å². The predicted molar refractivity (Wildman–Crippen MR) is 96.1 cm³/mol. The number of nitrogens with one attached hydrogen (secondary N) is 2. The van der Waals surface area contributed by atoms with E-state index < -0.39 is 0 Å². The topological polar surface area (TPSA) is 24.1 Å². The molecule has 0 aliphatic heterocycles. The molecule has 0 aliphatic carbocycles. The van der Waals surface area contributed by atoms with Gasteiger partial charge in [-0.25, -0.2) is 0 Å². The molecule has 0 unspecified atom stereocenters. The Morgan fingerprint density at radius 2 is 1.71 bits per heavy atom. The van der Waals surface area contributed by atoms with Gasteiger partial charge >= 0.3 is 0 Å². The third-order valence-corrected chi connectivity index (χ3v) is 3.63. The second kappa shape index (κ2) is 7.79. The molecule has 0 spiro atoms. The summed E-state index contributed by atoms with van der Waals surface area (Å²) in [5.41, 5.74) is 4.60. The molecule has 2 aromatic rings. The van der Waals surface area contributed by atoms with Crippen LogP contribution in [0.15, 0.2) is 48.5 Å². The average molecular weight is 298 g/mol. The molecule has 0 amide bonds. The first-order chi connectivity index (χ1) is 10.2. The highest BCUT2D eigenvalue weighted by atomic mass is 32.1. The van der Waals surface area contributed by atoms with Crippen molar-refractivity contribution in [3.8, 4) is 0 Å². The summed E-state index contributed by atoms with van der Waals surface area (Å²) >= 11 is 5.36. The van der Waals surface area contributed by atoms with Gasteiger partial charge in [-0.2, -0.15) is 0 Å². The van der Waals surface area contributed by atoms with Gasteiger partial charge in [-0.1, -0.05) is 43.7 Å². The van der Waals surface area contributed by atoms with Gasteiger partial charge in [0.25, 0.3) is 0 Å². The fourth-order valence-corrected chi connectivity index (χ4v) is 2.36. The molecule has 0 atom stereocenters. The first-order valence-corrected chi connectivity index (χ1v) is 7.82. The van der Waals surface area contributed by atoms with Gasteiger partial charge in [0.15, 0.2) is 5.11 Å². The summed E-state index contributed by atoms with van der Waals surface area (Å²) in [6, 6.07) is 16.6. The van der Waals surface area contributed by atoms with Crippen LogP contribution in [0.3, 0.4) is 0 Å². The largest absolute Gasteiger partial charge is 0.332 e. The number of hydrogen-bond acceptors (Lipinski definition) is 1. The van der Waals surface area contributed by atoms with Crippen LogP contribution in [0.25, 0.3) is 0 Å². The van der Waals surface area contributed by atoms with Gasteiger partial charge in [-0.3, -0.25) is 0 Å². The Balaban J connectivity index is 1.92. The molecule has 3 heteroatoms. The molecule has 2 aromatic carbocycles. The van der Waals surface area contributed by atoms with E-state index in [0.717, 1.165) is 17.8 Å². The van der Waals surface area contributed by atoms with Crippen molar-refractivity contribution in [2.24, 2.45) is 0 Å². The Morgan fingerprint density at radius 3 is 2.38 bits per heavy atom. The maximum atomic E-state index is 5.36. The summed E-state index contributed by atoms with van der Waals surface area (Å²) in [6.07, 6.45) is 3.60. The fraction of sp³-hybridized carbons (Fsp3) is 0.278. The third kappa shape index (κ3) is 4.87. The van der Waals surface area contributed by atoms with Crippen molar-refractivity contribution in [2.45, 2.75) is 33.1 Å². The second-order valence-electron chi connectivity index (χ2n) is 5.19. The highest BCUT2D eigenvalue weighted by Crippen LogP contribution is 2.15. The average Bonchev–Trinajstić information content (AvgIpc) is 2.49. The van der Waals surface area contributed by atoms with E-state index in [4.69, 9.17) is 12.2 Å². The minimum Gasteiger partial charge on any atom is -0.332 e. The van der Waals surface area contributed by atoms with Crippen LogP contribution in [-0.4, -0.2) is 5.11 Å². The molecule has 21 heavy (non-hydrogen) atoms. The molecule has 0 fully saturated rings. The van der Waals surface area contributed by atoms with Gasteiger partial charge in [-0.15, -0.1) is 0 Å². The van der Waals surface area contributed by atoms with E-state index in [2.05, 4.69) is 54.8 Å². The number of anilines is 2. The Morgan fingerprint density at radius 1 is 1.00 bits per heavy atom. The predicted octanol–water partition coefficient (Wildman–Crippen LogP) is 5.15. The van der Waals surface area contributed by atoms with Crippen molar-refractivity contribution < 1.29 is 0 Å². The number of benzene rings is 2. The molecule has 0 aliphatic rings. The summed E-state index contributed by atoms with van der Waals surface area (Å²) in [6.45, 7) is 4.28. The van der Waals surface area contributed by atoms with Crippen LogP contribution in [0, 0.1) is 6.92 Å². The van der Waals surface area contributed by atoms with E-state index in [-0.39, 0.29) is 0 Å². The molecule has 0 heterocycles. The first-order valence-electron chi connectivity index (χ1n) is 7.41. The maximum absolute atomic E-state index is 5.36. The van der Waals surface area contributed by atoms with E-state index in [1.807, 2.05) is 18.2 Å². The Kier molecular flexibility index (Phi) is 5.76. The highest BCUT2D eigenvalue weighted by Gasteiger charge is 2.01. The Labute approximate surface area is 132 Å². The van der Waals surface area contributed by atoms with Crippen molar-refractivity contribution in [3.63, 3.8) is 0 Å². The number of aryl methyl sites for hydroxylation is 2. The zero-order valence-corrected chi connectivity index (χ0v) is 13.5. The van der Waals surface area contributed by atoms with Crippen LogP contribution >= 0.6 is 12.2 Å².